The van der Waals surface area contributed by atoms with Crippen LogP contribution in [-0.4, -0.2) is 17.4 Å². The van der Waals surface area contributed by atoms with E-state index < -0.39 is 0 Å². The van der Waals surface area contributed by atoms with Crippen LogP contribution in [0.1, 0.15) is 93.5 Å². The first-order valence-corrected chi connectivity index (χ1v) is 12.6. The summed E-state index contributed by atoms with van der Waals surface area (Å²) in [5.41, 5.74) is 13.3. The molecule has 1 unspecified atom stereocenters. The molecule has 2 aromatic rings. The van der Waals surface area contributed by atoms with E-state index in [-0.39, 0.29) is 48.5 Å². The van der Waals surface area contributed by atoms with Gasteiger partial charge >= 0.3 is 0 Å². The first-order valence-electron chi connectivity index (χ1n) is 12.6. The summed E-state index contributed by atoms with van der Waals surface area (Å²) in [7, 11) is 0. The number of carbonyl (C=O) groups excluding carboxylic acids is 1. The summed E-state index contributed by atoms with van der Waals surface area (Å²) in [5.74, 6) is 1.03. The summed E-state index contributed by atoms with van der Waals surface area (Å²) in [4.78, 5) is 14.8. The number of nitrogens with two attached hydrogens (primary N) is 1. The van der Waals surface area contributed by atoms with Crippen molar-refractivity contribution in [2.24, 2.45) is 10.7 Å². The van der Waals surface area contributed by atoms with Crippen LogP contribution in [0.3, 0.4) is 0 Å². The first kappa shape index (κ1) is 29.4. The Labute approximate surface area is 235 Å². The van der Waals surface area contributed by atoms with Crippen molar-refractivity contribution in [3.8, 4) is 0 Å². The van der Waals surface area contributed by atoms with E-state index in [9.17, 15) is 4.79 Å². The van der Waals surface area contributed by atoms with Crippen LogP contribution in [-0.2, 0) is 24.1 Å². The molecule has 2 aromatic carbocycles. The average molecular weight is 697 g/mol. The van der Waals surface area contributed by atoms with Gasteiger partial charge in [-0.3, -0.25) is 16.7 Å². The van der Waals surface area contributed by atoms with E-state index in [0.29, 0.717) is 6.42 Å². The maximum absolute atomic E-state index is 10.8. The molecule has 2 aliphatic carbocycles. The number of hydrogen-bond acceptors (Lipinski definition) is 3. The van der Waals surface area contributed by atoms with Crippen LogP contribution < -0.4 is 11.1 Å². The van der Waals surface area contributed by atoms with Gasteiger partial charge in [0, 0.05) is 31.1 Å². The second-order valence-electron chi connectivity index (χ2n) is 10.3. The van der Waals surface area contributed by atoms with Crippen LogP contribution in [0, 0.1) is 37.7 Å². The Bertz CT molecular complexity index is 1060. The van der Waals surface area contributed by atoms with E-state index in [0.717, 1.165) is 11.5 Å². The van der Waals surface area contributed by atoms with Gasteiger partial charge in [-0.1, -0.05) is 56.2 Å². The number of benzene rings is 2. The molecule has 3 aliphatic rings. The second-order valence-corrected chi connectivity index (χ2v) is 10.3. The first-order chi connectivity index (χ1) is 16.2. The predicted molar refractivity (Wildman–Crippen MR) is 143 cm³/mol. The van der Waals surface area contributed by atoms with Gasteiger partial charge in [-0.15, -0.1) is 12.1 Å². The Morgan fingerprint density at radius 3 is 2.49 bits per heavy atom. The van der Waals surface area contributed by atoms with Crippen molar-refractivity contribution in [1.82, 2.24) is 5.32 Å². The van der Waals surface area contributed by atoms with E-state index >= 15 is 0 Å². The van der Waals surface area contributed by atoms with E-state index in [4.69, 9.17) is 12.3 Å². The number of rotatable bonds is 3. The van der Waals surface area contributed by atoms with Gasteiger partial charge in [-0.25, -0.2) is 10.6 Å². The molecule has 0 aromatic heterocycles. The Balaban J connectivity index is 0.000000184. The third-order valence-corrected chi connectivity index (χ3v) is 6.73. The van der Waals surface area contributed by atoms with Gasteiger partial charge in [0.05, 0.1) is 12.0 Å². The molecule has 0 saturated carbocycles. The van der Waals surface area contributed by atoms with Gasteiger partial charge in [-0.2, -0.15) is 5.56 Å². The Morgan fingerprint density at radius 2 is 1.83 bits per heavy atom. The topological polar surface area (TPSA) is 67.5 Å². The minimum Gasteiger partial charge on any atom is -0.370 e. The van der Waals surface area contributed by atoms with Gasteiger partial charge in [-0.05, 0) is 75.0 Å². The summed E-state index contributed by atoms with van der Waals surface area (Å²) < 4.78 is 0. The molecule has 186 valence electrons. The summed E-state index contributed by atoms with van der Waals surface area (Å²) in [6.07, 6.45) is 9.58. The van der Waals surface area contributed by atoms with Crippen molar-refractivity contribution in [2.45, 2.75) is 90.5 Å². The number of carbonyl (C=O) groups is 1. The number of nitrogens with zero attached hydrogens (tertiary/aromatic N) is 1. The zero-order chi connectivity index (χ0) is 24.7. The molecule has 0 bridgehead atoms. The number of aryl methyl sites for hydroxylation is 3. The smallest absolute Gasteiger partial charge is 0.229 e. The number of nitrogens with one attached hydrogen (secondary N) is 1. The summed E-state index contributed by atoms with van der Waals surface area (Å²) in [5, 5.41) is 2.42. The maximum atomic E-state index is 10.8. The van der Waals surface area contributed by atoms with Crippen LogP contribution in [0.2, 0.25) is 0 Å². The molecular formula is C30H40N3OU-. The summed E-state index contributed by atoms with van der Waals surface area (Å²) >= 11 is 0. The predicted octanol–water partition coefficient (Wildman–Crippen LogP) is 6.13. The molecule has 5 heteroatoms. The van der Waals surface area contributed by atoms with Crippen LogP contribution >= 0.6 is 0 Å². The molecule has 1 aliphatic heterocycles. The largest absolute Gasteiger partial charge is 0.370 e. The molecular weight excluding hydrogens is 656 g/mol. The summed E-state index contributed by atoms with van der Waals surface area (Å²) in [6.45, 7) is 13.7. The van der Waals surface area contributed by atoms with Crippen LogP contribution in [0.4, 0.5) is 0 Å². The number of amides is 1. The minimum atomic E-state index is -0.327. The van der Waals surface area contributed by atoms with Gasteiger partial charge < -0.3 is 5.73 Å². The Morgan fingerprint density at radius 1 is 1.11 bits per heavy atom. The Kier molecular flexibility index (Phi) is 11.3. The fourth-order valence-corrected chi connectivity index (χ4v) is 5.08. The maximum Gasteiger partial charge on any atom is 0.229 e. The fourth-order valence-electron chi connectivity index (χ4n) is 5.08. The minimum absolute atomic E-state index is 0. The van der Waals surface area contributed by atoms with Gasteiger partial charge in [0.1, 0.15) is 0 Å². The third-order valence-electron chi connectivity index (χ3n) is 6.73. The fraction of sp³-hybridized carbons (Fsp3) is 0.467. The number of aliphatic imine (C=N–C) groups is 1. The van der Waals surface area contributed by atoms with Crippen molar-refractivity contribution >= 4 is 17.4 Å². The molecule has 0 saturated heterocycles. The van der Waals surface area contributed by atoms with Crippen LogP contribution in [0.25, 0.3) is 5.57 Å². The molecule has 1 heterocycles. The van der Waals surface area contributed by atoms with E-state index in [1.807, 2.05) is 20.8 Å². The number of fused-ring (bicyclic) bond motifs is 2. The normalized spacial score (nSPS) is 18.8. The van der Waals surface area contributed by atoms with Crippen LogP contribution in [0.5, 0.6) is 0 Å². The van der Waals surface area contributed by atoms with Crippen molar-refractivity contribution in [2.75, 3.05) is 0 Å². The molecule has 35 heavy (non-hydrogen) atoms. The average Bonchev–Trinajstić information content (AvgIpc) is 3.40. The monoisotopic (exact) mass is 696 g/mol. The van der Waals surface area contributed by atoms with Gasteiger partial charge in [0.2, 0.25) is 5.91 Å². The Hall–Kier alpha value is -1.83. The molecule has 3 N–H and O–H groups in total. The quantitative estimate of drug-likeness (QED) is 0.380. The molecule has 1 amide bonds. The van der Waals surface area contributed by atoms with E-state index in [1.165, 1.54) is 61.6 Å². The number of hydrogen-bond donors (Lipinski definition) is 2. The molecule has 0 radical (unpaired) electrons. The zero-order valence-corrected chi connectivity index (χ0v) is 25.9. The molecule has 4 nitrogen and oxygen atoms in total. The molecule has 1 atom stereocenters. The zero-order valence-electron chi connectivity index (χ0n) is 21.8. The van der Waals surface area contributed by atoms with Crippen molar-refractivity contribution in [3.05, 3.63) is 76.9 Å². The molecule has 0 fully saturated rings. The standard InChI is InChI=1S/C12H13.C12H16.C6H11N3O.U/c1-9(2)11-7-6-10-4-3-5-12(10)8-11;1-2-5-10-8-9-11-6-3-4-7-12(10)11;1-6(2)3-4(10)8-5(7)9-6;/h1,6-8H,3-5H2,2H3;3-4,6-7,10H,2,5,8-9H2,1H3;3H2,1-2H3,(H3,7,8,9,10);/q-1;;;. The molecule has 0 spiro atoms. The van der Waals surface area contributed by atoms with Gasteiger partial charge in [0.25, 0.3) is 0 Å². The second kappa shape index (κ2) is 13.5. The van der Waals surface area contributed by atoms with Gasteiger partial charge in [0.15, 0.2) is 5.96 Å². The summed E-state index contributed by atoms with van der Waals surface area (Å²) in [6, 6.07) is 15.5. The number of allylic oxidation sites excluding steroid dienone is 1. The van der Waals surface area contributed by atoms with Crippen molar-refractivity contribution in [3.63, 3.8) is 0 Å². The number of guanidine groups is 1. The van der Waals surface area contributed by atoms with E-state index in [2.05, 4.69) is 59.7 Å². The SMILES string of the molecule is CC1(C)CC(=O)NC(N)=N1.CCCC1CCc2ccccc21.[CH-]=C(C)c1ccc2c(c1)CCC2.[U]. The molecule has 5 rings (SSSR count). The van der Waals surface area contributed by atoms with Crippen LogP contribution in [0.15, 0.2) is 47.5 Å². The van der Waals surface area contributed by atoms with Crippen molar-refractivity contribution < 1.29 is 35.9 Å². The van der Waals surface area contributed by atoms with E-state index in [1.54, 1.807) is 11.1 Å². The van der Waals surface area contributed by atoms with Crippen molar-refractivity contribution in [1.29, 1.82) is 0 Å². The third kappa shape index (κ3) is 8.65.